The van der Waals surface area contributed by atoms with Gasteiger partial charge in [-0.15, -0.1) is 0 Å². The Bertz CT molecular complexity index is 1390. The molecule has 170 valence electrons. The number of likely N-dealkylation sites (N-methyl/N-ethyl adjacent to an activating group) is 2. The molecule has 4 aromatic rings. The van der Waals surface area contributed by atoms with E-state index in [9.17, 15) is 4.79 Å². The number of carbonyl (C=O) groups excluding carboxylic acids is 1. The highest BCUT2D eigenvalue weighted by atomic mass is 16.2. The molecule has 0 spiro atoms. The summed E-state index contributed by atoms with van der Waals surface area (Å²) in [5.74, 6) is -0.0452. The van der Waals surface area contributed by atoms with Crippen LogP contribution < -0.4 is 0 Å². The Morgan fingerprint density at radius 3 is 2.67 bits per heavy atom. The van der Waals surface area contributed by atoms with E-state index >= 15 is 0 Å². The molecule has 0 aliphatic carbocycles. The van der Waals surface area contributed by atoms with Crippen molar-refractivity contribution in [3.63, 3.8) is 0 Å². The van der Waals surface area contributed by atoms with Crippen LogP contribution >= 0.6 is 0 Å². The third-order valence-electron chi connectivity index (χ3n) is 6.43. The number of aromatic amines is 1. The van der Waals surface area contributed by atoms with Crippen molar-refractivity contribution in [1.29, 1.82) is 0 Å². The Kier molecular flexibility index (Phi) is 5.13. The van der Waals surface area contributed by atoms with E-state index in [1.807, 2.05) is 57.2 Å². The van der Waals surface area contributed by atoms with Crippen molar-refractivity contribution in [3.8, 4) is 11.1 Å². The average Bonchev–Trinajstić information content (AvgIpc) is 3.44. The molecule has 5 rings (SSSR count). The smallest absolute Gasteiger partial charge is 0.272 e. The minimum absolute atomic E-state index is 0.0452. The van der Waals surface area contributed by atoms with Crippen molar-refractivity contribution in [3.05, 3.63) is 52.7 Å². The topological polar surface area (TPSA) is 87.9 Å². The van der Waals surface area contributed by atoms with Crippen LogP contribution in [0.4, 0.5) is 0 Å². The van der Waals surface area contributed by atoms with Crippen LogP contribution in [-0.2, 0) is 20.6 Å². The molecule has 4 heterocycles. The van der Waals surface area contributed by atoms with Crippen LogP contribution in [0.1, 0.15) is 33.1 Å². The molecular weight excluding hydrogens is 416 g/mol. The Morgan fingerprint density at radius 2 is 1.85 bits per heavy atom. The Hall–Kier alpha value is -3.72. The monoisotopic (exact) mass is 444 g/mol. The van der Waals surface area contributed by atoms with Gasteiger partial charge < -0.3 is 4.90 Å². The molecule has 1 amide bonds. The van der Waals surface area contributed by atoms with Crippen LogP contribution in [0.2, 0.25) is 0 Å². The predicted molar refractivity (Wildman–Crippen MR) is 128 cm³/mol. The third-order valence-corrected chi connectivity index (χ3v) is 6.43. The summed E-state index contributed by atoms with van der Waals surface area (Å²) in [6.07, 6.45) is 5.85. The van der Waals surface area contributed by atoms with Gasteiger partial charge in [0.2, 0.25) is 0 Å². The Morgan fingerprint density at radius 1 is 1.03 bits per heavy atom. The van der Waals surface area contributed by atoms with Gasteiger partial charge in [0.05, 0.1) is 28.8 Å². The zero-order valence-electron chi connectivity index (χ0n) is 19.6. The van der Waals surface area contributed by atoms with Crippen LogP contribution in [0.3, 0.4) is 0 Å². The van der Waals surface area contributed by atoms with E-state index in [4.69, 9.17) is 0 Å². The number of carbonyl (C=O) groups is 1. The highest BCUT2D eigenvalue weighted by molar-refractivity contribution is 5.99. The second-order valence-electron chi connectivity index (χ2n) is 8.77. The highest BCUT2D eigenvalue weighted by Gasteiger charge is 2.23. The Balaban J connectivity index is 1.70. The summed E-state index contributed by atoms with van der Waals surface area (Å²) in [5.41, 5.74) is 7.33. The number of aromatic nitrogens is 6. The van der Waals surface area contributed by atoms with Gasteiger partial charge in [0.1, 0.15) is 5.69 Å². The second kappa shape index (κ2) is 8.00. The number of hydrogen-bond donors (Lipinski definition) is 1. The first kappa shape index (κ1) is 21.1. The lowest BCUT2D eigenvalue weighted by atomic mass is 10.0. The van der Waals surface area contributed by atoms with Crippen molar-refractivity contribution in [2.24, 2.45) is 14.1 Å². The minimum atomic E-state index is -0.0452. The fourth-order valence-corrected chi connectivity index (χ4v) is 4.45. The van der Waals surface area contributed by atoms with Crippen LogP contribution in [0, 0.1) is 6.92 Å². The molecule has 9 heteroatoms. The number of nitrogens with one attached hydrogen (secondary N) is 1. The van der Waals surface area contributed by atoms with Gasteiger partial charge in [-0.05, 0) is 43.8 Å². The van der Waals surface area contributed by atoms with Gasteiger partial charge in [-0.3, -0.25) is 24.2 Å². The molecule has 33 heavy (non-hydrogen) atoms. The summed E-state index contributed by atoms with van der Waals surface area (Å²) in [4.78, 5) is 17.3. The van der Waals surface area contributed by atoms with Crippen LogP contribution in [0.5, 0.6) is 0 Å². The first-order chi connectivity index (χ1) is 15.8. The quantitative estimate of drug-likeness (QED) is 0.451. The lowest BCUT2D eigenvalue weighted by Crippen LogP contribution is -2.36. The third kappa shape index (κ3) is 3.64. The number of rotatable bonds is 0. The maximum Gasteiger partial charge on any atom is 0.272 e. The van der Waals surface area contributed by atoms with Gasteiger partial charge in [0, 0.05) is 57.3 Å². The van der Waals surface area contributed by atoms with Gasteiger partial charge in [-0.1, -0.05) is 6.07 Å². The molecule has 2 bridgehead atoms. The predicted octanol–water partition coefficient (Wildman–Crippen LogP) is 2.69. The molecule has 9 nitrogen and oxygen atoms in total. The number of nitrogens with zero attached hydrogens (tertiary/aromatic N) is 7. The van der Waals surface area contributed by atoms with Crippen molar-refractivity contribution < 1.29 is 4.79 Å². The molecular formula is C24H28N8O. The molecule has 0 saturated carbocycles. The number of H-pyrrole nitrogens is 1. The molecule has 0 saturated heterocycles. The van der Waals surface area contributed by atoms with Gasteiger partial charge in [0.25, 0.3) is 5.91 Å². The van der Waals surface area contributed by atoms with Crippen molar-refractivity contribution in [2.75, 3.05) is 27.2 Å². The van der Waals surface area contributed by atoms with E-state index in [1.165, 1.54) is 0 Å². The fraction of sp³-hybridized carbons (Fsp3) is 0.333. The molecule has 0 unspecified atom stereocenters. The first-order valence-electron chi connectivity index (χ1n) is 11.0. The second-order valence-corrected chi connectivity index (χ2v) is 8.77. The van der Waals surface area contributed by atoms with Crippen LogP contribution in [0.15, 0.2) is 24.4 Å². The molecule has 1 N–H and O–H groups in total. The number of aryl methyl sites for hydroxylation is 3. The molecule has 1 aliphatic rings. The maximum absolute atomic E-state index is 13.3. The van der Waals surface area contributed by atoms with E-state index in [1.54, 1.807) is 9.58 Å². The van der Waals surface area contributed by atoms with E-state index < -0.39 is 0 Å². The van der Waals surface area contributed by atoms with Crippen molar-refractivity contribution in [2.45, 2.75) is 13.5 Å². The zero-order chi connectivity index (χ0) is 23.3. The number of hydrogen-bond acceptors (Lipinski definition) is 5. The summed E-state index contributed by atoms with van der Waals surface area (Å²) in [6, 6.07) is 6.28. The van der Waals surface area contributed by atoms with Crippen LogP contribution in [-0.4, -0.2) is 72.7 Å². The lowest BCUT2D eigenvalue weighted by molar-refractivity contribution is 0.0770. The molecule has 0 radical (unpaired) electrons. The Labute approximate surface area is 192 Å². The summed E-state index contributed by atoms with van der Waals surface area (Å²) in [5, 5.41) is 17.7. The lowest BCUT2D eigenvalue weighted by Gasteiger charge is -2.23. The normalized spacial score (nSPS) is 16.4. The number of fused-ring (bicyclic) bond motifs is 4. The van der Waals surface area contributed by atoms with Crippen molar-refractivity contribution in [1.82, 2.24) is 39.6 Å². The summed E-state index contributed by atoms with van der Waals surface area (Å²) >= 11 is 0. The molecule has 0 fully saturated rings. The van der Waals surface area contributed by atoms with E-state index in [0.29, 0.717) is 12.2 Å². The van der Waals surface area contributed by atoms with Gasteiger partial charge in [-0.25, -0.2) is 0 Å². The average molecular weight is 445 g/mol. The number of amides is 1. The standard InChI is InChI=1S/C24H28N8O/c1-15-17-7-9-21-18-12-16(6-8-20(18)26-27-21)19-13-25-31(4)22(19)14-29(2)10-11-30(3)24(33)23(17)32(5)28-15/h6-9,12-13H,10-11,14H2,1-5H3,(H,26,27)/b9-7+. The molecule has 1 aliphatic heterocycles. The van der Waals surface area contributed by atoms with E-state index in [-0.39, 0.29) is 5.91 Å². The maximum atomic E-state index is 13.3. The van der Waals surface area contributed by atoms with Gasteiger partial charge in [0.15, 0.2) is 0 Å². The van der Waals surface area contributed by atoms with Gasteiger partial charge in [-0.2, -0.15) is 15.3 Å². The zero-order valence-corrected chi connectivity index (χ0v) is 19.6. The SMILES string of the molecule is Cc1nn(C)c2c1/C=C/c1[nH]nc3ccc(cc13)-c1cnn(C)c1CN(C)CCN(C)C2=O. The van der Waals surface area contributed by atoms with Gasteiger partial charge >= 0.3 is 0 Å². The van der Waals surface area contributed by atoms with Crippen molar-refractivity contribution >= 4 is 29.0 Å². The fourth-order valence-electron chi connectivity index (χ4n) is 4.45. The van der Waals surface area contributed by atoms with Crippen LogP contribution in [0.25, 0.3) is 34.2 Å². The molecule has 3 aromatic heterocycles. The largest absolute Gasteiger partial charge is 0.339 e. The number of benzene rings is 1. The summed E-state index contributed by atoms with van der Waals surface area (Å²) in [7, 11) is 7.70. The first-order valence-corrected chi connectivity index (χ1v) is 11.0. The minimum Gasteiger partial charge on any atom is -0.339 e. The molecule has 1 aromatic carbocycles. The summed E-state index contributed by atoms with van der Waals surface area (Å²) in [6.45, 7) is 3.99. The summed E-state index contributed by atoms with van der Waals surface area (Å²) < 4.78 is 3.60. The molecule has 0 atom stereocenters. The highest BCUT2D eigenvalue weighted by Crippen LogP contribution is 2.29. The van der Waals surface area contributed by atoms with E-state index in [0.717, 1.165) is 57.8 Å². The van der Waals surface area contributed by atoms with E-state index in [2.05, 4.69) is 44.5 Å².